The zero-order valence-electron chi connectivity index (χ0n) is 21.1. The SMILES string of the molecule is C[C@H](Oc1cc(C2CCNC2)nc(C(N)=C2CCC[C@@]3(CCCCC3=O)C2=O)n1)[C@@H]1CCCN1C. The lowest BCUT2D eigenvalue weighted by atomic mass is 9.62. The van der Waals surface area contributed by atoms with Crippen LogP contribution in [0.15, 0.2) is 11.6 Å². The largest absolute Gasteiger partial charge is 0.473 e. The maximum Gasteiger partial charge on any atom is 0.217 e. The molecule has 4 fully saturated rings. The fourth-order valence-electron chi connectivity index (χ4n) is 6.61. The van der Waals surface area contributed by atoms with Crippen LogP contribution in [0.5, 0.6) is 5.88 Å². The van der Waals surface area contributed by atoms with Crippen LogP contribution in [0.3, 0.4) is 0 Å². The molecule has 0 amide bonds. The number of carbonyl (C=O) groups is 2. The van der Waals surface area contributed by atoms with Crippen LogP contribution in [0.1, 0.15) is 88.6 Å². The van der Waals surface area contributed by atoms with Gasteiger partial charge in [-0.3, -0.25) is 14.5 Å². The minimum Gasteiger partial charge on any atom is -0.473 e. The fraction of sp³-hybridized carbons (Fsp3) is 0.704. The lowest BCUT2D eigenvalue weighted by Gasteiger charge is -2.38. The van der Waals surface area contributed by atoms with Gasteiger partial charge in [-0.15, -0.1) is 0 Å². The van der Waals surface area contributed by atoms with Crippen molar-refractivity contribution in [1.29, 1.82) is 0 Å². The van der Waals surface area contributed by atoms with Gasteiger partial charge in [-0.2, -0.15) is 4.98 Å². The lowest BCUT2D eigenvalue weighted by Crippen LogP contribution is -2.45. The van der Waals surface area contributed by atoms with E-state index in [1.165, 1.54) is 6.42 Å². The highest BCUT2D eigenvalue weighted by Crippen LogP contribution is 2.45. The maximum atomic E-state index is 13.7. The summed E-state index contributed by atoms with van der Waals surface area (Å²) in [5.41, 5.74) is 7.51. The second-order valence-corrected chi connectivity index (χ2v) is 10.9. The molecule has 0 bridgehead atoms. The molecular weight excluding hydrogens is 442 g/mol. The van der Waals surface area contributed by atoms with E-state index in [1.807, 2.05) is 6.07 Å². The van der Waals surface area contributed by atoms with E-state index in [0.717, 1.165) is 57.4 Å². The fourth-order valence-corrected chi connectivity index (χ4v) is 6.61. The first kappa shape index (κ1) is 24.4. The van der Waals surface area contributed by atoms with Crippen molar-refractivity contribution < 1.29 is 14.3 Å². The number of ketones is 2. The number of hydrogen-bond donors (Lipinski definition) is 2. The maximum absolute atomic E-state index is 13.7. The van der Waals surface area contributed by atoms with E-state index in [2.05, 4.69) is 24.2 Å². The van der Waals surface area contributed by atoms with Gasteiger partial charge in [0.25, 0.3) is 0 Å². The first-order valence-electron chi connectivity index (χ1n) is 13.4. The average molecular weight is 482 g/mol. The Balaban J connectivity index is 1.49. The number of Topliss-reactive ketones (excluding diaryl/α,β-unsaturated/α-hetero) is 2. The Labute approximate surface area is 208 Å². The van der Waals surface area contributed by atoms with Crippen LogP contribution in [-0.4, -0.2) is 65.3 Å². The molecule has 1 aromatic rings. The van der Waals surface area contributed by atoms with Crippen LogP contribution in [0, 0.1) is 5.41 Å². The molecule has 4 atom stereocenters. The van der Waals surface area contributed by atoms with Gasteiger partial charge in [-0.1, -0.05) is 6.42 Å². The molecule has 3 N–H and O–H groups in total. The Morgan fingerprint density at radius 3 is 2.71 bits per heavy atom. The number of nitrogens with two attached hydrogens (primary N) is 1. The molecule has 2 aliphatic heterocycles. The molecule has 3 heterocycles. The molecular formula is C27H39N5O3. The van der Waals surface area contributed by atoms with Gasteiger partial charge in [0.1, 0.15) is 11.9 Å². The summed E-state index contributed by atoms with van der Waals surface area (Å²) >= 11 is 0. The van der Waals surface area contributed by atoms with Gasteiger partial charge in [0.15, 0.2) is 11.6 Å². The summed E-state index contributed by atoms with van der Waals surface area (Å²) < 4.78 is 6.37. The topological polar surface area (TPSA) is 110 Å². The third-order valence-electron chi connectivity index (χ3n) is 8.72. The molecule has 2 saturated carbocycles. The van der Waals surface area contributed by atoms with Crippen molar-refractivity contribution >= 4 is 17.3 Å². The Kier molecular flexibility index (Phi) is 6.95. The highest BCUT2D eigenvalue weighted by atomic mass is 16.5. The van der Waals surface area contributed by atoms with Gasteiger partial charge in [0, 0.05) is 36.6 Å². The summed E-state index contributed by atoms with van der Waals surface area (Å²) in [4.78, 5) is 38.5. The van der Waals surface area contributed by atoms with E-state index in [4.69, 9.17) is 20.4 Å². The molecule has 4 aliphatic rings. The van der Waals surface area contributed by atoms with E-state index in [-0.39, 0.29) is 23.6 Å². The standard InChI is InChI=1S/C27H39N5O3/c1-17(21-8-6-14-32(21)2)35-23-15-20(18-10-13-29-16-18)30-26(31-23)24(28)19-7-5-12-27(25(19)34)11-4-3-9-22(27)33/h15,17-18,21,29H,3-14,16,28H2,1-2H3/t17-,18?,21-,27+/m0/s1. The quantitative estimate of drug-likeness (QED) is 0.488. The van der Waals surface area contributed by atoms with Crippen LogP contribution in [-0.2, 0) is 9.59 Å². The van der Waals surface area contributed by atoms with E-state index < -0.39 is 5.41 Å². The van der Waals surface area contributed by atoms with E-state index in [0.29, 0.717) is 54.7 Å². The van der Waals surface area contributed by atoms with Crippen LogP contribution < -0.4 is 15.8 Å². The second-order valence-electron chi connectivity index (χ2n) is 10.9. The number of aromatic nitrogens is 2. The summed E-state index contributed by atoms with van der Waals surface area (Å²) in [5, 5.41) is 3.40. The van der Waals surface area contributed by atoms with Gasteiger partial charge >= 0.3 is 0 Å². The summed E-state index contributed by atoms with van der Waals surface area (Å²) in [6.45, 7) is 4.97. The first-order chi connectivity index (χ1) is 16.9. The second kappa shape index (κ2) is 9.97. The number of likely N-dealkylation sites (tertiary alicyclic amines) is 1. The molecule has 1 unspecified atom stereocenters. The van der Waals surface area contributed by atoms with Crippen molar-refractivity contribution in [2.24, 2.45) is 11.1 Å². The van der Waals surface area contributed by atoms with Crippen molar-refractivity contribution in [2.45, 2.75) is 89.2 Å². The third kappa shape index (κ3) is 4.62. The molecule has 2 saturated heterocycles. The number of nitrogens with one attached hydrogen (secondary N) is 1. The molecule has 190 valence electrons. The average Bonchev–Trinajstić information content (AvgIpc) is 3.54. The van der Waals surface area contributed by atoms with Crippen LogP contribution in [0.2, 0.25) is 0 Å². The first-order valence-corrected chi connectivity index (χ1v) is 13.4. The zero-order valence-corrected chi connectivity index (χ0v) is 21.1. The van der Waals surface area contributed by atoms with Crippen molar-refractivity contribution in [3.63, 3.8) is 0 Å². The molecule has 0 radical (unpaired) electrons. The van der Waals surface area contributed by atoms with Crippen molar-refractivity contribution in [2.75, 3.05) is 26.7 Å². The molecule has 8 nitrogen and oxygen atoms in total. The number of hydrogen-bond acceptors (Lipinski definition) is 8. The van der Waals surface area contributed by atoms with Crippen LogP contribution in [0.4, 0.5) is 0 Å². The van der Waals surface area contributed by atoms with E-state index >= 15 is 0 Å². The summed E-state index contributed by atoms with van der Waals surface area (Å²) in [6, 6.07) is 2.29. The van der Waals surface area contributed by atoms with Crippen molar-refractivity contribution in [3.8, 4) is 5.88 Å². The number of carbonyl (C=O) groups excluding carboxylic acids is 2. The van der Waals surface area contributed by atoms with Gasteiger partial charge in [0.05, 0.1) is 16.8 Å². The predicted molar refractivity (Wildman–Crippen MR) is 134 cm³/mol. The molecule has 8 heteroatoms. The highest BCUT2D eigenvalue weighted by Gasteiger charge is 2.49. The zero-order chi connectivity index (χ0) is 24.6. The van der Waals surface area contributed by atoms with Crippen LogP contribution in [0.25, 0.3) is 5.70 Å². The Morgan fingerprint density at radius 1 is 1.17 bits per heavy atom. The van der Waals surface area contributed by atoms with Crippen molar-refractivity contribution in [3.05, 3.63) is 23.2 Å². The van der Waals surface area contributed by atoms with E-state index in [9.17, 15) is 9.59 Å². The smallest absolute Gasteiger partial charge is 0.217 e. The minimum atomic E-state index is -0.885. The van der Waals surface area contributed by atoms with Gasteiger partial charge < -0.3 is 15.8 Å². The van der Waals surface area contributed by atoms with Gasteiger partial charge in [-0.25, -0.2) is 4.98 Å². The summed E-state index contributed by atoms with van der Waals surface area (Å²) in [5.74, 6) is 1.13. The highest BCUT2D eigenvalue weighted by molar-refractivity contribution is 6.17. The molecule has 2 aliphatic carbocycles. The Bertz CT molecular complexity index is 1010. The minimum absolute atomic E-state index is 0.0203. The third-order valence-corrected chi connectivity index (χ3v) is 8.72. The molecule has 1 aromatic heterocycles. The molecule has 1 spiro atoms. The number of ether oxygens (including phenoxy) is 1. The van der Waals surface area contributed by atoms with E-state index in [1.54, 1.807) is 0 Å². The normalized spacial score (nSPS) is 32.3. The molecule has 0 aromatic carbocycles. The van der Waals surface area contributed by atoms with Gasteiger partial charge in [-0.05, 0) is 78.4 Å². The van der Waals surface area contributed by atoms with Gasteiger partial charge in [0.2, 0.25) is 5.88 Å². The Hall–Kier alpha value is -2.32. The van der Waals surface area contributed by atoms with Crippen molar-refractivity contribution in [1.82, 2.24) is 20.2 Å². The number of rotatable bonds is 5. The molecule has 5 rings (SSSR count). The predicted octanol–water partition coefficient (Wildman–Crippen LogP) is 2.97. The lowest BCUT2D eigenvalue weighted by molar-refractivity contribution is -0.143. The Morgan fingerprint density at radius 2 is 2.00 bits per heavy atom. The molecule has 35 heavy (non-hydrogen) atoms. The summed E-state index contributed by atoms with van der Waals surface area (Å²) in [7, 11) is 2.14. The van der Waals surface area contributed by atoms with Crippen LogP contribution >= 0.6 is 0 Å². The monoisotopic (exact) mass is 481 g/mol. The number of nitrogens with zero attached hydrogens (tertiary/aromatic N) is 3. The number of likely N-dealkylation sites (N-methyl/N-ethyl adjacent to an activating group) is 1. The number of allylic oxidation sites excluding steroid dienone is 1. The summed E-state index contributed by atoms with van der Waals surface area (Å²) in [6.07, 6.45) is 8.15.